The van der Waals surface area contributed by atoms with E-state index >= 15 is 24.0 Å². The van der Waals surface area contributed by atoms with Gasteiger partial charge in [-0.2, -0.15) is 13.2 Å². The van der Waals surface area contributed by atoms with Gasteiger partial charge in [-0.15, -0.1) is 0 Å². The molecule has 3 aliphatic heterocycles. The van der Waals surface area contributed by atoms with E-state index in [2.05, 4.69) is 16.0 Å². The van der Waals surface area contributed by atoms with E-state index in [1.807, 2.05) is 20.8 Å². The van der Waals surface area contributed by atoms with Crippen molar-refractivity contribution in [2.24, 2.45) is 23.7 Å². The van der Waals surface area contributed by atoms with Crippen LogP contribution in [0, 0.1) is 23.7 Å². The maximum absolute atomic E-state index is 15.8. The van der Waals surface area contributed by atoms with E-state index in [1.54, 1.807) is 11.8 Å². The second-order valence-electron chi connectivity index (χ2n) is 31.2. The molecule has 3 aliphatic carbocycles. The van der Waals surface area contributed by atoms with Crippen LogP contribution in [-0.2, 0) is 74.9 Å². The standard InChI is InChI=1S/C75H115ClF3N13O13/c1-15-46(4)62-71(103)85(9)47(5)66(98)92-38-33-54(92)70(102)88(12)57(41-48-25-17-16-18-26-48)69(101)84(8)44-59(93)80-53(32-30-49-29-31-51(52(76)40-49)75(77,78)79)67(99)87(11)56(42-61(95)91-36-23-24-37-91)65(97)82-74(34-21-22-35-74)73(105)90(14)63(50-27-19-20-28-50)72(104)89(13)58(68(100)83(6)7)43-60(94)86(10)55(39-45(2)3)64(96)81-62/h29,31,40,45-48,50,53-58,62-63H,15-28,30,32-39,41-44H2,1-14H3,(H,80,93)(H,81,96)(H,82,97)/t46-,47-,53-,54-,55-,56-,57-,58-,62-,63-/m0/s1. The summed E-state index contributed by atoms with van der Waals surface area (Å²) in [5.41, 5.74) is -2.60. The number of benzene rings is 1. The molecule has 0 unspecified atom stereocenters. The number of aryl methyl sites for hydroxylation is 1. The molecule has 0 bridgehead atoms. The molecule has 6 aliphatic rings. The Kier molecular flexibility index (Phi) is 29.7. The number of alkyl halides is 3. The lowest BCUT2D eigenvalue weighted by atomic mass is 9.84. The van der Waals surface area contributed by atoms with Crippen LogP contribution in [-0.4, -0.2) is 275 Å². The Morgan fingerprint density at radius 3 is 1.83 bits per heavy atom. The number of nitrogens with zero attached hydrogens (tertiary/aromatic N) is 10. The van der Waals surface area contributed by atoms with E-state index in [0.29, 0.717) is 70.9 Å². The van der Waals surface area contributed by atoms with E-state index in [4.69, 9.17) is 11.6 Å². The summed E-state index contributed by atoms with van der Waals surface area (Å²) in [5, 5.41) is 8.01. The Morgan fingerprint density at radius 2 is 1.27 bits per heavy atom. The third-order valence-electron chi connectivity index (χ3n) is 23.3. The number of likely N-dealkylation sites (N-methyl/N-ethyl adjacent to an activating group) is 8. The van der Waals surface area contributed by atoms with Crippen LogP contribution >= 0.6 is 11.6 Å². The number of hydrogen-bond donors (Lipinski definition) is 3. The Bertz CT molecular complexity index is 3340. The molecular weight excluding hydrogens is 1380 g/mol. The molecule has 586 valence electrons. The van der Waals surface area contributed by atoms with Gasteiger partial charge in [0.05, 0.1) is 30.0 Å². The highest BCUT2D eigenvalue weighted by atomic mass is 35.5. The topological polar surface area (TPSA) is 290 Å². The molecule has 10 atom stereocenters. The fraction of sp³-hybridized carbons (Fsp3) is 0.747. The zero-order valence-electron chi connectivity index (χ0n) is 64.1. The maximum Gasteiger partial charge on any atom is 0.417 e. The molecule has 3 saturated carbocycles. The molecule has 3 saturated heterocycles. The predicted molar refractivity (Wildman–Crippen MR) is 387 cm³/mol. The number of halogens is 4. The first kappa shape index (κ1) is 84.7. The van der Waals surface area contributed by atoms with Crippen LogP contribution < -0.4 is 16.0 Å². The summed E-state index contributed by atoms with van der Waals surface area (Å²) in [4.78, 5) is 208. The number of carbonyl (C=O) groups excluding carboxylic acids is 13. The first-order valence-corrected chi connectivity index (χ1v) is 38.1. The van der Waals surface area contributed by atoms with Crippen LogP contribution in [0.3, 0.4) is 0 Å². The van der Waals surface area contributed by atoms with Crippen LogP contribution in [0.15, 0.2) is 18.2 Å². The molecule has 7 rings (SSSR count). The highest BCUT2D eigenvalue weighted by Crippen LogP contribution is 2.39. The number of nitrogens with one attached hydrogen (secondary N) is 3. The number of fused-ring (bicyclic) bond motifs is 1. The van der Waals surface area contributed by atoms with Crippen molar-refractivity contribution in [1.82, 2.24) is 64.9 Å². The zero-order valence-corrected chi connectivity index (χ0v) is 64.9. The van der Waals surface area contributed by atoms with Gasteiger partial charge in [0.25, 0.3) is 0 Å². The summed E-state index contributed by atoms with van der Waals surface area (Å²) in [6, 6.07) is -8.82. The summed E-state index contributed by atoms with van der Waals surface area (Å²) in [6.07, 6.45) is 3.33. The van der Waals surface area contributed by atoms with Crippen LogP contribution in [0.5, 0.6) is 0 Å². The van der Waals surface area contributed by atoms with Crippen molar-refractivity contribution in [3.8, 4) is 0 Å². The van der Waals surface area contributed by atoms with Gasteiger partial charge in [0, 0.05) is 83.1 Å². The molecule has 1 spiro atoms. The van der Waals surface area contributed by atoms with Gasteiger partial charge in [-0.3, -0.25) is 62.3 Å². The van der Waals surface area contributed by atoms with Crippen molar-refractivity contribution in [2.75, 3.05) is 89.6 Å². The summed E-state index contributed by atoms with van der Waals surface area (Å²) >= 11 is 6.19. The van der Waals surface area contributed by atoms with E-state index < -0.39 is 185 Å². The molecule has 3 heterocycles. The lowest BCUT2D eigenvalue weighted by Gasteiger charge is -2.45. The number of hydrogen-bond acceptors (Lipinski definition) is 13. The third kappa shape index (κ3) is 20.4. The highest BCUT2D eigenvalue weighted by Gasteiger charge is 2.52. The minimum absolute atomic E-state index is 0.0113. The smallest absolute Gasteiger partial charge is 0.347 e. The summed E-state index contributed by atoms with van der Waals surface area (Å²) in [7, 11) is 12.7. The largest absolute Gasteiger partial charge is 0.417 e. The lowest BCUT2D eigenvalue weighted by molar-refractivity contribution is -0.160. The van der Waals surface area contributed by atoms with Crippen LogP contribution in [0.1, 0.15) is 187 Å². The Hall–Kier alpha value is -7.59. The fourth-order valence-electron chi connectivity index (χ4n) is 16.1. The van der Waals surface area contributed by atoms with Crippen LogP contribution in [0.4, 0.5) is 13.2 Å². The fourth-order valence-corrected chi connectivity index (χ4v) is 16.4. The third-order valence-corrected chi connectivity index (χ3v) is 23.6. The minimum atomic E-state index is -4.80. The van der Waals surface area contributed by atoms with E-state index in [1.165, 1.54) is 106 Å². The Balaban J connectivity index is 1.33. The molecule has 1 aromatic rings. The average molecular weight is 1500 g/mol. The first-order chi connectivity index (χ1) is 49.3. The molecule has 1 aromatic carbocycles. The molecular formula is C75H115ClF3N13O13. The van der Waals surface area contributed by atoms with Gasteiger partial charge in [0.15, 0.2) is 0 Å². The summed E-state index contributed by atoms with van der Waals surface area (Å²) in [6.45, 7) is 8.95. The number of carbonyl (C=O) groups is 13. The van der Waals surface area contributed by atoms with Crippen molar-refractivity contribution in [3.05, 3.63) is 34.3 Å². The maximum atomic E-state index is 15.8. The molecule has 6 fully saturated rings. The summed E-state index contributed by atoms with van der Waals surface area (Å²) in [5.74, 6) is -10.2. The lowest BCUT2D eigenvalue weighted by Crippen LogP contribution is -2.65. The van der Waals surface area contributed by atoms with E-state index in [0.717, 1.165) is 58.9 Å². The molecule has 13 amide bonds. The van der Waals surface area contributed by atoms with Crippen molar-refractivity contribution < 1.29 is 75.5 Å². The van der Waals surface area contributed by atoms with Gasteiger partial charge in [0.2, 0.25) is 76.8 Å². The number of amides is 13. The van der Waals surface area contributed by atoms with E-state index in [-0.39, 0.29) is 68.9 Å². The monoisotopic (exact) mass is 1500 g/mol. The highest BCUT2D eigenvalue weighted by molar-refractivity contribution is 6.31. The van der Waals surface area contributed by atoms with Gasteiger partial charge in [-0.05, 0) is 119 Å². The normalized spacial score (nSPS) is 27.2. The van der Waals surface area contributed by atoms with Crippen molar-refractivity contribution in [3.63, 3.8) is 0 Å². The molecule has 30 heteroatoms. The Morgan fingerprint density at radius 1 is 0.657 bits per heavy atom. The second kappa shape index (κ2) is 36.8. The Labute approximate surface area is 622 Å². The van der Waals surface area contributed by atoms with Crippen molar-refractivity contribution in [2.45, 2.75) is 248 Å². The predicted octanol–water partition coefficient (Wildman–Crippen LogP) is 5.49. The molecule has 26 nitrogen and oxygen atoms in total. The van der Waals surface area contributed by atoms with Gasteiger partial charge >= 0.3 is 6.18 Å². The van der Waals surface area contributed by atoms with Gasteiger partial charge < -0.3 is 64.9 Å². The van der Waals surface area contributed by atoms with Crippen LogP contribution in [0.2, 0.25) is 5.02 Å². The number of rotatable bonds is 13. The van der Waals surface area contributed by atoms with Gasteiger partial charge in [-0.1, -0.05) is 110 Å². The van der Waals surface area contributed by atoms with Crippen LogP contribution in [0.25, 0.3) is 0 Å². The second-order valence-corrected chi connectivity index (χ2v) is 31.6. The van der Waals surface area contributed by atoms with E-state index in [9.17, 15) is 51.5 Å². The zero-order chi connectivity index (χ0) is 77.9. The molecule has 0 radical (unpaired) electrons. The van der Waals surface area contributed by atoms with Gasteiger partial charge in [-0.25, -0.2) is 0 Å². The average Bonchev–Trinajstić information content (AvgIpc) is 1.75. The number of likely N-dealkylation sites (tertiary alicyclic amines) is 1. The quantitative estimate of drug-likeness (QED) is 0.221. The SMILES string of the molecule is CC[C@H](C)[C@@H]1NC(=O)[C@H](CC(C)C)N(C)C(=O)C[C@@H](C(=O)N(C)C)N(C)C(=O)[C@H](C2CCCC2)N(C)C(=O)C2(CCCC2)NC(=O)[C@H](CC(=O)N2CCCC2)N(C)C(=O)[C@H](CCc2ccc(C(F)(F)F)c(Cl)c2)NC(=O)CN(C)C(=O)[C@H](CC2CCCCC2)N(C)C(=O)[C@@H]2CCN2C(=O)[C@H](C)N(C)C1=O. The first-order valence-electron chi connectivity index (χ1n) is 37.8. The van der Waals surface area contributed by atoms with Gasteiger partial charge in [0.1, 0.15) is 59.9 Å². The molecule has 3 N–H and O–H groups in total. The van der Waals surface area contributed by atoms with Crippen molar-refractivity contribution >= 4 is 88.4 Å². The minimum Gasteiger partial charge on any atom is -0.347 e. The molecule has 105 heavy (non-hydrogen) atoms. The molecule has 0 aromatic heterocycles. The van der Waals surface area contributed by atoms with Crippen molar-refractivity contribution in [1.29, 1.82) is 0 Å². The summed E-state index contributed by atoms with van der Waals surface area (Å²) < 4.78 is 42.0.